The van der Waals surface area contributed by atoms with Crippen molar-refractivity contribution in [2.24, 2.45) is 5.73 Å². The van der Waals surface area contributed by atoms with E-state index in [4.69, 9.17) is 19.7 Å². The molecule has 8 nitrogen and oxygen atoms in total. The molecule has 2 heterocycles. The maximum Gasteiger partial charge on any atom is 0.240 e. The molecule has 174 valence electrons. The topological polar surface area (TPSA) is 109 Å². The zero-order valence-corrected chi connectivity index (χ0v) is 19.4. The Bertz CT molecular complexity index is 1250. The minimum atomic E-state index is -0.177. The van der Waals surface area contributed by atoms with Gasteiger partial charge in [0.15, 0.2) is 5.75 Å². The van der Waals surface area contributed by atoms with Crippen LogP contribution >= 0.6 is 0 Å². The van der Waals surface area contributed by atoms with E-state index in [2.05, 4.69) is 58.2 Å². The Kier molecular flexibility index (Phi) is 5.75. The molecule has 1 saturated carbocycles. The Morgan fingerprint density at radius 1 is 0.853 bits per heavy atom. The van der Waals surface area contributed by atoms with Gasteiger partial charge < -0.3 is 19.7 Å². The number of aromatic nitrogens is 4. The lowest BCUT2D eigenvalue weighted by atomic mass is 9.78. The molecule has 8 heteroatoms. The second-order valence-electron chi connectivity index (χ2n) is 9.13. The summed E-state index contributed by atoms with van der Waals surface area (Å²) in [7, 11) is 0. The molecule has 0 bridgehead atoms. The molecule has 2 aromatic carbocycles. The van der Waals surface area contributed by atoms with E-state index in [9.17, 15) is 0 Å². The van der Waals surface area contributed by atoms with Crippen LogP contribution in [-0.2, 0) is 5.41 Å². The second-order valence-corrected chi connectivity index (χ2v) is 9.13. The fourth-order valence-corrected chi connectivity index (χ4v) is 3.96. The first-order chi connectivity index (χ1) is 16.4. The average Bonchev–Trinajstić information content (AvgIpc) is 3.25. The van der Waals surface area contributed by atoms with Gasteiger partial charge in [-0.3, -0.25) is 0 Å². The highest BCUT2D eigenvalue weighted by atomic mass is 16.5. The zero-order chi connectivity index (χ0) is 23.7. The summed E-state index contributed by atoms with van der Waals surface area (Å²) in [5, 5.41) is 3.82. The maximum atomic E-state index is 5.98. The van der Waals surface area contributed by atoms with E-state index < -0.39 is 0 Å². The van der Waals surface area contributed by atoms with Crippen LogP contribution in [0.5, 0.6) is 17.2 Å². The monoisotopic (exact) mass is 457 g/mol. The summed E-state index contributed by atoms with van der Waals surface area (Å²) in [6, 6.07) is 16.7. The van der Waals surface area contributed by atoms with Gasteiger partial charge in [0, 0.05) is 18.4 Å². The van der Waals surface area contributed by atoms with Gasteiger partial charge in [-0.05, 0) is 48.2 Å². The zero-order valence-electron chi connectivity index (χ0n) is 19.4. The third kappa shape index (κ3) is 4.63. The van der Waals surface area contributed by atoms with Gasteiger partial charge in [-0.2, -0.15) is 4.98 Å². The van der Waals surface area contributed by atoms with E-state index in [1.54, 1.807) is 19.3 Å². The molecule has 0 spiro atoms. The van der Waals surface area contributed by atoms with Gasteiger partial charge in [-0.15, -0.1) is 0 Å². The summed E-state index contributed by atoms with van der Waals surface area (Å²) in [5.74, 6) is 3.32. The number of aryl methyl sites for hydroxylation is 1. The fraction of sp³-hybridized carbons (Fsp3) is 0.308. The van der Waals surface area contributed by atoms with Gasteiger partial charge in [-0.25, -0.2) is 9.97 Å². The van der Waals surface area contributed by atoms with Crippen LogP contribution in [0.2, 0.25) is 0 Å². The van der Waals surface area contributed by atoms with E-state index in [0.717, 1.165) is 18.6 Å². The molecule has 1 aliphatic carbocycles. The van der Waals surface area contributed by atoms with Crippen LogP contribution in [0.15, 0.2) is 65.4 Å². The maximum absolute atomic E-state index is 5.98. The number of nitrogens with zero attached hydrogens (tertiary/aromatic N) is 4. The van der Waals surface area contributed by atoms with Gasteiger partial charge in [0.1, 0.15) is 17.6 Å². The van der Waals surface area contributed by atoms with Crippen molar-refractivity contribution in [2.45, 2.75) is 51.2 Å². The number of rotatable bonds is 7. The second kappa shape index (κ2) is 8.87. The molecule has 1 aliphatic rings. The highest BCUT2D eigenvalue weighted by Gasteiger charge is 2.28. The van der Waals surface area contributed by atoms with Crippen LogP contribution < -0.4 is 15.2 Å². The number of ether oxygens (including phenoxy) is 2. The van der Waals surface area contributed by atoms with Gasteiger partial charge in [0.05, 0.1) is 12.4 Å². The lowest BCUT2D eigenvalue weighted by Crippen LogP contribution is -2.43. The van der Waals surface area contributed by atoms with Crippen LogP contribution in [0, 0.1) is 6.92 Å². The molecule has 0 amide bonds. The molecule has 5 rings (SSSR count). The standard InChI is InChI=1S/C26H27N5O3/c1-16-30-25(31-34-16)24-28-14-23(15-29-24)33-21-10-6-18(7-11-21)26(2,3)17-4-8-20(9-5-17)32-22-12-19(27)13-22/h4-11,14-15,19,22H,12-13,27H2,1-3H3/t19-,22+. The van der Waals surface area contributed by atoms with Crippen molar-refractivity contribution in [3.8, 4) is 28.9 Å². The fourth-order valence-electron chi connectivity index (χ4n) is 3.96. The number of hydrogen-bond donors (Lipinski definition) is 1. The molecular formula is C26H27N5O3. The van der Waals surface area contributed by atoms with Gasteiger partial charge >= 0.3 is 0 Å². The van der Waals surface area contributed by atoms with E-state index in [1.165, 1.54) is 11.1 Å². The van der Waals surface area contributed by atoms with Crippen molar-refractivity contribution in [2.75, 3.05) is 0 Å². The highest BCUT2D eigenvalue weighted by molar-refractivity contribution is 5.44. The normalized spacial score (nSPS) is 17.8. The summed E-state index contributed by atoms with van der Waals surface area (Å²) in [5.41, 5.74) is 8.06. The predicted octanol–water partition coefficient (Wildman–Crippen LogP) is 4.82. The molecule has 1 fully saturated rings. The van der Waals surface area contributed by atoms with Crippen molar-refractivity contribution >= 4 is 0 Å². The first-order valence-corrected chi connectivity index (χ1v) is 11.3. The molecule has 0 atom stereocenters. The number of benzene rings is 2. The Labute approximate surface area is 198 Å². The van der Waals surface area contributed by atoms with E-state index in [1.807, 2.05) is 24.3 Å². The summed E-state index contributed by atoms with van der Waals surface area (Å²) in [6.07, 6.45) is 5.28. The summed E-state index contributed by atoms with van der Waals surface area (Å²) in [6.45, 7) is 6.13. The van der Waals surface area contributed by atoms with Gasteiger partial charge in [0.2, 0.25) is 17.5 Å². The van der Waals surface area contributed by atoms with Crippen molar-refractivity contribution in [3.63, 3.8) is 0 Å². The van der Waals surface area contributed by atoms with Crippen LogP contribution in [0.4, 0.5) is 0 Å². The van der Waals surface area contributed by atoms with Crippen molar-refractivity contribution in [1.29, 1.82) is 0 Å². The molecule has 0 unspecified atom stereocenters. The average molecular weight is 458 g/mol. The van der Waals surface area contributed by atoms with Crippen molar-refractivity contribution in [3.05, 3.63) is 77.9 Å². The third-order valence-electron chi connectivity index (χ3n) is 6.18. The Morgan fingerprint density at radius 3 is 1.97 bits per heavy atom. The molecule has 2 N–H and O–H groups in total. The van der Waals surface area contributed by atoms with E-state index in [-0.39, 0.29) is 17.6 Å². The number of hydrogen-bond acceptors (Lipinski definition) is 8. The van der Waals surface area contributed by atoms with Crippen LogP contribution in [-0.4, -0.2) is 32.3 Å². The van der Waals surface area contributed by atoms with Gasteiger partial charge in [-0.1, -0.05) is 43.3 Å². The van der Waals surface area contributed by atoms with E-state index in [0.29, 0.717) is 29.0 Å². The van der Waals surface area contributed by atoms with E-state index >= 15 is 0 Å². The van der Waals surface area contributed by atoms with Crippen LogP contribution in [0.3, 0.4) is 0 Å². The van der Waals surface area contributed by atoms with Crippen LogP contribution in [0.1, 0.15) is 43.7 Å². The molecule has 34 heavy (non-hydrogen) atoms. The summed E-state index contributed by atoms with van der Waals surface area (Å²) < 4.78 is 16.9. The van der Waals surface area contributed by atoms with Gasteiger partial charge in [0.25, 0.3) is 0 Å². The first kappa shape index (κ1) is 22.0. The smallest absolute Gasteiger partial charge is 0.240 e. The molecule has 0 radical (unpaired) electrons. The largest absolute Gasteiger partial charge is 0.490 e. The predicted molar refractivity (Wildman–Crippen MR) is 127 cm³/mol. The minimum Gasteiger partial charge on any atom is -0.490 e. The lowest BCUT2D eigenvalue weighted by molar-refractivity contribution is 0.101. The highest BCUT2D eigenvalue weighted by Crippen LogP contribution is 2.34. The number of nitrogens with two attached hydrogens (primary N) is 1. The molecule has 0 saturated heterocycles. The summed E-state index contributed by atoms with van der Waals surface area (Å²) >= 11 is 0. The SMILES string of the molecule is Cc1nc(-c2ncc(Oc3ccc(C(C)(C)c4ccc(O[C@H]5C[C@@H](N)C5)cc4)cc3)cn2)no1. The summed E-state index contributed by atoms with van der Waals surface area (Å²) in [4.78, 5) is 12.6. The molecule has 2 aromatic heterocycles. The Hall–Kier alpha value is -3.78. The Balaban J connectivity index is 1.24. The van der Waals surface area contributed by atoms with Crippen molar-refractivity contribution < 1.29 is 14.0 Å². The van der Waals surface area contributed by atoms with Crippen LogP contribution in [0.25, 0.3) is 11.6 Å². The minimum absolute atomic E-state index is 0.177. The lowest BCUT2D eigenvalue weighted by Gasteiger charge is -2.33. The molecular weight excluding hydrogens is 430 g/mol. The molecule has 0 aliphatic heterocycles. The Morgan fingerprint density at radius 2 is 1.44 bits per heavy atom. The molecule has 4 aromatic rings. The third-order valence-corrected chi connectivity index (χ3v) is 6.18. The first-order valence-electron chi connectivity index (χ1n) is 11.3. The van der Waals surface area contributed by atoms with Crippen molar-refractivity contribution in [1.82, 2.24) is 20.1 Å². The quantitative estimate of drug-likeness (QED) is 0.421.